The minimum atomic E-state index is -3.17. The second-order valence-electron chi connectivity index (χ2n) is 7.08. The van der Waals surface area contributed by atoms with Crippen molar-refractivity contribution in [2.45, 2.75) is 38.0 Å². The average Bonchev–Trinajstić information content (AvgIpc) is 3.13. The number of thioether (sulfide) groups is 1. The van der Waals surface area contributed by atoms with Crippen molar-refractivity contribution in [2.75, 3.05) is 30.6 Å². The topological polar surface area (TPSA) is 85.3 Å². The number of rotatable bonds is 6. The van der Waals surface area contributed by atoms with Gasteiger partial charge in [0, 0.05) is 17.2 Å². The van der Waals surface area contributed by atoms with Gasteiger partial charge >= 0.3 is 0 Å². The minimum absolute atomic E-state index is 0.00430. The lowest BCUT2D eigenvalue weighted by Gasteiger charge is -2.27. The van der Waals surface area contributed by atoms with Crippen molar-refractivity contribution in [1.29, 1.82) is 0 Å². The number of methoxy groups -OCH3 is 2. The fraction of sp³-hybridized carbons (Fsp3) is 0.579. The van der Waals surface area contributed by atoms with Crippen LogP contribution in [-0.4, -0.2) is 56.5 Å². The van der Waals surface area contributed by atoms with Crippen LogP contribution in [0.3, 0.4) is 0 Å². The van der Waals surface area contributed by atoms with Crippen molar-refractivity contribution < 1.29 is 22.7 Å². The third-order valence-corrected chi connectivity index (χ3v) is 8.83. The lowest BCUT2D eigenvalue weighted by Crippen LogP contribution is -2.38. The van der Waals surface area contributed by atoms with Gasteiger partial charge in [-0.25, -0.2) is 8.42 Å². The summed E-state index contributed by atoms with van der Waals surface area (Å²) in [5, 5.41) is 0.661. The highest BCUT2D eigenvalue weighted by atomic mass is 35.5. The van der Waals surface area contributed by atoms with Gasteiger partial charge in [-0.05, 0) is 18.9 Å². The number of halogens is 1. The molecule has 2 aliphatic rings. The van der Waals surface area contributed by atoms with Gasteiger partial charge in [-0.2, -0.15) is 4.99 Å². The van der Waals surface area contributed by atoms with Crippen molar-refractivity contribution in [3.63, 3.8) is 0 Å². The number of amidine groups is 1. The molecule has 0 bridgehead atoms. The van der Waals surface area contributed by atoms with Crippen molar-refractivity contribution in [2.24, 2.45) is 10.9 Å². The Labute approximate surface area is 180 Å². The first kappa shape index (κ1) is 22.2. The molecule has 0 aromatic heterocycles. The van der Waals surface area contributed by atoms with Crippen molar-refractivity contribution in [3.8, 4) is 11.5 Å². The Balaban J connectivity index is 2.10. The number of aliphatic imine (C=N–C) groups is 1. The summed E-state index contributed by atoms with van der Waals surface area (Å²) in [5.41, 5.74) is 0.575. The van der Waals surface area contributed by atoms with E-state index in [1.807, 2.05) is 13.8 Å². The summed E-state index contributed by atoms with van der Waals surface area (Å²) >= 11 is 7.68. The highest BCUT2D eigenvalue weighted by Crippen LogP contribution is 2.46. The van der Waals surface area contributed by atoms with E-state index in [0.29, 0.717) is 40.2 Å². The van der Waals surface area contributed by atoms with Gasteiger partial charge in [-0.15, -0.1) is 0 Å². The van der Waals surface area contributed by atoms with Crippen LogP contribution in [0.25, 0.3) is 0 Å². The maximum atomic E-state index is 12.7. The van der Waals surface area contributed by atoms with E-state index >= 15 is 0 Å². The average molecular weight is 461 g/mol. The van der Waals surface area contributed by atoms with Gasteiger partial charge in [0.15, 0.2) is 15.0 Å². The maximum Gasteiger partial charge on any atom is 0.251 e. The number of ether oxygens (including phenoxy) is 2. The second-order valence-corrected chi connectivity index (χ2v) is 10.8. The number of fused-ring (bicyclic) bond motifs is 1. The molecule has 0 aliphatic carbocycles. The molecule has 1 amide bonds. The molecule has 0 radical (unpaired) electrons. The van der Waals surface area contributed by atoms with Gasteiger partial charge in [0.1, 0.15) is 11.5 Å². The summed E-state index contributed by atoms with van der Waals surface area (Å²) in [6, 6.07) is 2.99. The second kappa shape index (κ2) is 8.73. The standard InChI is InChI=1S/C19H25ClN2O5S2/c1-5-11(6-2)18(23)21-19-22(14-9-29(24,25)10-17(14)28-19)13-7-12(20)15(26-3)8-16(13)27-4/h7-8,11,14,17H,5-6,9-10H2,1-4H3/t14-,17+/m0/s1. The Morgan fingerprint density at radius 1 is 1.24 bits per heavy atom. The Morgan fingerprint density at radius 2 is 1.90 bits per heavy atom. The van der Waals surface area contributed by atoms with E-state index in [0.717, 1.165) is 0 Å². The number of carbonyl (C=O) groups excluding carboxylic acids is 1. The summed E-state index contributed by atoms with van der Waals surface area (Å²) in [6.45, 7) is 3.92. The van der Waals surface area contributed by atoms with Crippen LogP contribution >= 0.6 is 23.4 Å². The van der Waals surface area contributed by atoms with Crippen LogP contribution in [0.4, 0.5) is 5.69 Å². The van der Waals surface area contributed by atoms with Gasteiger partial charge in [-0.3, -0.25) is 4.79 Å². The van der Waals surface area contributed by atoms with Crippen molar-refractivity contribution in [1.82, 2.24) is 0 Å². The summed E-state index contributed by atoms with van der Waals surface area (Å²) in [4.78, 5) is 18.9. The van der Waals surface area contributed by atoms with E-state index < -0.39 is 9.84 Å². The first-order valence-electron chi connectivity index (χ1n) is 9.44. The molecule has 7 nitrogen and oxygen atoms in total. The Bertz CT molecular complexity index is 931. The van der Waals surface area contributed by atoms with Gasteiger partial charge in [0.25, 0.3) is 5.91 Å². The predicted molar refractivity (Wildman–Crippen MR) is 117 cm³/mol. The Morgan fingerprint density at radius 3 is 2.48 bits per heavy atom. The molecule has 160 valence electrons. The SMILES string of the molecule is CCC(CC)C(=O)N=C1S[C@@H]2CS(=O)(=O)C[C@@H]2N1c1cc(Cl)c(OC)cc1OC. The lowest BCUT2D eigenvalue weighted by molar-refractivity contribution is -0.121. The van der Waals surface area contributed by atoms with E-state index in [1.165, 1.54) is 26.0 Å². The molecule has 2 saturated heterocycles. The van der Waals surface area contributed by atoms with Gasteiger partial charge < -0.3 is 14.4 Å². The molecule has 0 unspecified atom stereocenters. The van der Waals surface area contributed by atoms with E-state index in [-0.39, 0.29) is 34.6 Å². The van der Waals surface area contributed by atoms with E-state index in [2.05, 4.69) is 4.99 Å². The minimum Gasteiger partial charge on any atom is -0.495 e. The number of hydrogen-bond acceptors (Lipinski definition) is 6. The molecular weight excluding hydrogens is 436 g/mol. The first-order valence-corrected chi connectivity index (χ1v) is 12.5. The molecule has 2 atom stereocenters. The highest BCUT2D eigenvalue weighted by molar-refractivity contribution is 8.16. The first-order chi connectivity index (χ1) is 13.7. The third kappa shape index (κ3) is 4.36. The fourth-order valence-electron chi connectivity index (χ4n) is 3.70. The molecule has 2 heterocycles. The molecule has 10 heteroatoms. The molecular formula is C19H25ClN2O5S2. The molecule has 0 saturated carbocycles. The summed E-state index contributed by atoms with van der Waals surface area (Å²) in [5.74, 6) is 0.624. The summed E-state index contributed by atoms with van der Waals surface area (Å²) in [6.07, 6.45) is 1.41. The molecule has 1 aromatic carbocycles. The van der Waals surface area contributed by atoms with Gasteiger partial charge in [0.2, 0.25) is 0 Å². The molecule has 0 N–H and O–H groups in total. The zero-order chi connectivity index (χ0) is 21.3. The smallest absolute Gasteiger partial charge is 0.251 e. The van der Waals surface area contributed by atoms with Gasteiger partial charge in [0.05, 0.1) is 42.5 Å². The number of hydrogen-bond donors (Lipinski definition) is 0. The van der Waals surface area contributed by atoms with Crippen LogP contribution in [-0.2, 0) is 14.6 Å². The number of carbonyl (C=O) groups is 1. The van der Waals surface area contributed by atoms with Gasteiger partial charge in [-0.1, -0.05) is 37.2 Å². The monoisotopic (exact) mass is 460 g/mol. The van der Waals surface area contributed by atoms with Crippen LogP contribution in [0.5, 0.6) is 11.5 Å². The third-order valence-electron chi connectivity index (χ3n) is 5.32. The zero-order valence-electron chi connectivity index (χ0n) is 16.8. The quantitative estimate of drug-likeness (QED) is 0.643. The molecule has 29 heavy (non-hydrogen) atoms. The normalized spacial score (nSPS) is 24.2. The van der Waals surface area contributed by atoms with E-state index in [9.17, 15) is 13.2 Å². The Hall–Kier alpha value is -1.45. The van der Waals surface area contributed by atoms with Crippen molar-refractivity contribution >= 4 is 50.0 Å². The van der Waals surface area contributed by atoms with Crippen LogP contribution in [0.2, 0.25) is 5.02 Å². The van der Waals surface area contributed by atoms with Crippen LogP contribution in [0.1, 0.15) is 26.7 Å². The largest absolute Gasteiger partial charge is 0.495 e. The summed E-state index contributed by atoms with van der Waals surface area (Å²) in [7, 11) is -0.142. The number of anilines is 1. The molecule has 0 spiro atoms. The lowest BCUT2D eigenvalue weighted by atomic mass is 10.0. The number of amides is 1. The number of nitrogens with zero attached hydrogens (tertiary/aromatic N) is 2. The van der Waals surface area contributed by atoms with E-state index in [1.54, 1.807) is 17.0 Å². The molecule has 2 aliphatic heterocycles. The van der Waals surface area contributed by atoms with Crippen LogP contribution in [0, 0.1) is 5.92 Å². The van der Waals surface area contributed by atoms with Crippen LogP contribution < -0.4 is 14.4 Å². The van der Waals surface area contributed by atoms with E-state index in [4.69, 9.17) is 21.1 Å². The number of benzene rings is 1. The van der Waals surface area contributed by atoms with Crippen molar-refractivity contribution in [3.05, 3.63) is 17.2 Å². The molecule has 3 rings (SSSR count). The fourth-order valence-corrected chi connectivity index (χ4v) is 7.85. The maximum absolute atomic E-state index is 12.7. The molecule has 1 aromatic rings. The van der Waals surface area contributed by atoms with Crippen LogP contribution in [0.15, 0.2) is 17.1 Å². The number of sulfone groups is 1. The zero-order valence-corrected chi connectivity index (χ0v) is 19.2. The predicted octanol–water partition coefficient (Wildman–Crippen LogP) is 3.39. The summed E-state index contributed by atoms with van der Waals surface area (Å²) < 4.78 is 35.3. The molecule has 2 fully saturated rings. The Kier molecular flexibility index (Phi) is 6.70. The highest BCUT2D eigenvalue weighted by Gasteiger charge is 2.50.